The molecule has 0 fully saturated rings. The number of carbonyl (C=O) groups excluding carboxylic acids is 1. The Hall–Kier alpha value is -7.17. The van der Waals surface area contributed by atoms with Crippen LogP contribution in [-0.2, 0) is 81.0 Å². The number of ether oxygens (including phenoxy) is 10. The van der Waals surface area contributed by atoms with E-state index in [1.807, 2.05) is 0 Å². The summed E-state index contributed by atoms with van der Waals surface area (Å²) >= 11 is 0. The van der Waals surface area contributed by atoms with Gasteiger partial charge in [0.25, 0.3) is 16.8 Å². The predicted molar refractivity (Wildman–Crippen MR) is 269 cm³/mol. The molecule has 47 heteroatoms. The Morgan fingerprint density at radius 2 is 0.510 bits per heavy atom. The van der Waals surface area contributed by atoms with Crippen molar-refractivity contribution in [2.45, 2.75) is 148 Å². The van der Waals surface area contributed by atoms with Crippen molar-refractivity contribution in [3.05, 3.63) is 145 Å². The molecule has 0 radical (unpaired) electrons. The van der Waals surface area contributed by atoms with Gasteiger partial charge >= 0.3 is 97.1 Å². The first-order chi connectivity index (χ1) is 45.5. The van der Waals surface area contributed by atoms with Gasteiger partial charge in [-0.15, -0.1) is 0 Å². The van der Waals surface area contributed by atoms with Gasteiger partial charge in [0, 0.05) is 46.6 Å². The topological polar surface area (TPSA) is 109 Å². The van der Waals surface area contributed by atoms with Crippen molar-refractivity contribution in [2.24, 2.45) is 0 Å². The summed E-state index contributed by atoms with van der Waals surface area (Å²) in [5, 5.41) is 0. The summed E-state index contributed by atoms with van der Waals surface area (Å²) < 4.78 is 529. The fraction of sp³-hybridized carbons (Fsp3) is 0.545. The average molecular weight is 1570 g/mol. The smallest absolute Gasteiger partial charge is 0.499 e. The molecule has 3 aromatic rings. The van der Waals surface area contributed by atoms with Gasteiger partial charge in [-0.1, -0.05) is 92.5 Å². The molecule has 0 aliphatic heterocycles. The van der Waals surface area contributed by atoms with E-state index in [-0.39, 0.29) is 98.5 Å². The molecule has 0 amide bonds. The molecule has 0 aromatic heterocycles. The molecule has 0 saturated carbocycles. The fourth-order valence-corrected chi connectivity index (χ4v) is 8.46. The molecule has 0 saturated heterocycles. The highest BCUT2D eigenvalue weighted by atomic mass is 19.5. The number of carbonyl (C=O) groups is 1. The maximum atomic E-state index is 13.7. The van der Waals surface area contributed by atoms with E-state index in [9.17, 15) is 163 Å². The summed E-state index contributed by atoms with van der Waals surface area (Å²) in [7, 11) is 0. The quantitative estimate of drug-likeness (QED) is 0.0281. The number of hydrogen-bond donors (Lipinski definition) is 0. The van der Waals surface area contributed by atoms with Crippen molar-refractivity contribution < 1.29 is 210 Å². The van der Waals surface area contributed by atoms with Crippen molar-refractivity contribution in [1.82, 2.24) is 0 Å². The molecule has 3 aromatic carbocycles. The van der Waals surface area contributed by atoms with Crippen LogP contribution in [0.2, 0.25) is 0 Å². The zero-order chi connectivity index (χ0) is 80.5. The number of alkyl halides is 36. The first-order valence-electron chi connectivity index (χ1n) is 26.5. The maximum Gasteiger partial charge on any atom is 0.510 e. The molecule has 3 rings (SSSR count). The molecule has 0 bridgehead atoms. The number of benzene rings is 3. The Kier molecular flexibility index (Phi) is 29.2. The Labute approximate surface area is 548 Å². The van der Waals surface area contributed by atoms with Gasteiger partial charge in [0.1, 0.15) is 25.8 Å². The first kappa shape index (κ1) is 92.8. The van der Waals surface area contributed by atoms with Gasteiger partial charge in [0.2, 0.25) is 0 Å². The van der Waals surface area contributed by atoms with Crippen LogP contribution in [0.25, 0.3) is 0 Å². The molecule has 0 aliphatic carbocycles. The molecule has 586 valence electrons. The predicted octanol–water partition coefficient (Wildman–Crippen LogP) is 20.4. The summed E-state index contributed by atoms with van der Waals surface area (Å²) in [6.07, 6.45) is -77.7. The maximum absolute atomic E-state index is 13.7. The van der Waals surface area contributed by atoms with Crippen molar-refractivity contribution in [3.8, 4) is 0 Å². The third-order valence-electron chi connectivity index (χ3n) is 12.8. The molecule has 0 atom stereocenters. The first-order valence-corrected chi connectivity index (χ1v) is 26.5. The highest BCUT2D eigenvalue weighted by Gasteiger charge is 2.80. The molecule has 11 nitrogen and oxygen atoms in total. The van der Waals surface area contributed by atoms with Gasteiger partial charge in [0.15, 0.2) is 0 Å². The van der Waals surface area contributed by atoms with E-state index in [1.165, 1.54) is 13.8 Å². The van der Waals surface area contributed by atoms with Crippen molar-refractivity contribution in [3.63, 3.8) is 0 Å². The summed E-state index contributed by atoms with van der Waals surface area (Å²) in [6, 6.07) is -3.11. The second kappa shape index (κ2) is 32.1. The Morgan fingerprint density at radius 3 is 0.696 bits per heavy atom. The van der Waals surface area contributed by atoms with Crippen LogP contribution in [-0.4, -0.2) is 126 Å². The highest BCUT2D eigenvalue weighted by Crippen LogP contribution is 2.60. The van der Waals surface area contributed by atoms with Gasteiger partial charge in [0.05, 0.1) is 25.4 Å². The van der Waals surface area contributed by atoms with E-state index in [4.69, 9.17) is 0 Å². The molecule has 0 heterocycles. The van der Waals surface area contributed by atoms with Gasteiger partial charge < -0.3 is 47.4 Å². The second-order valence-corrected chi connectivity index (χ2v) is 20.3. The van der Waals surface area contributed by atoms with E-state index in [0.717, 1.165) is 20.8 Å². The van der Waals surface area contributed by atoms with Crippen LogP contribution in [0.15, 0.2) is 111 Å². The Balaban J connectivity index is 0.000000766. The number of halogens is 36. The van der Waals surface area contributed by atoms with Gasteiger partial charge in [-0.3, -0.25) is 0 Å². The van der Waals surface area contributed by atoms with E-state index >= 15 is 0 Å². The Morgan fingerprint density at radius 1 is 0.304 bits per heavy atom. The lowest BCUT2D eigenvalue weighted by Crippen LogP contribution is -2.57. The second-order valence-electron chi connectivity index (χ2n) is 20.3. The van der Waals surface area contributed by atoms with E-state index in [1.54, 1.807) is 0 Å². The van der Waals surface area contributed by atoms with Gasteiger partial charge in [-0.05, 0) is 34.6 Å². The van der Waals surface area contributed by atoms with Crippen LogP contribution in [0, 0.1) is 0 Å². The lowest BCUT2D eigenvalue weighted by Gasteiger charge is -2.39. The standard InChI is InChI=1S/C19H16F12O4.C19H18F12O4.C17H14F12O3/c1-5-33-14(16(20,21)22,17(23,24)25)10-6-8-11(9-7-10)15(18(26,27)28,19(29,30)31)35-12(32)34-13(2,3)4;1-3-32-9-10-34-14(16(20,21)22,17(23,24)25)12-5-7-13(8-6-12)15(18(26,27)28,19(29,30)31)35-11-33-4-2;1-3-30-9-32-13(16(24,25)26,17(27,28)29)11-7-5-10(6-8-11)12(31-4-2,14(18,19)20)15(21,22)23/h5-9H,1H2,2-4H3;3,5-8H,1,4,9-11H2,2H3;4-8H,2-3,9H2,1H3. The largest absolute Gasteiger partial charge is 0.510 e. The molecular formula is C55H48F36O11. The highest BCUT2D eigenvalue weighted by molar-refractivity contribution is 5.62. The lowest BCUT2D eigenvalue weighted by atomic mass is 9.86. The van der Waals surface area contributed by atoms with Crippen LogP contribution < -0.4 is 0 Å². The van der Waals surface area contributed by atoms with Crippen LogP contribution in [0.3, 0.4) is 0 Å². The van der Waals surface area contributed by atoms with E-state index in [2.05, 4.69) is 67.1 Å². The molecule has 0 unspecified atom stereocenters. The lowest BCUT2D eigenvalue weighted by molar-refractivity contribution is -0.402. The Bertz CT molecular complexity index is 3050. The SMILES string of the molecule is C=COC(c1ccc(C(OC(=O)OC(C)(C)C)(C(F)(F)F)C(F)(F)F)cc1)(C(F)(F)F)C(F)(F)F.C=COC(c1ccc(C(OCOCC)(C(F)(F)F)C(F)(F)F)cc1)(C(F)(F)F)C(F)(F)F.C=COCCOC(c1ccc(C(OCOCC)(C(F)(F)F)C(F)(F)F)cc1)(C(F)(F)F)C(F)(F)F. The van der Waals surface area contributed by atoms with Crippen molar-refractivity contribution in [1.29, 1.82) is 0 Å². The van der Waals surface area contributed by atoms with Crippen molar-refractivity contribution >= 4 is 6.16 Å². The molecule has 0 spiro atoms. The minimum atomic E-state index is -6.49. The molecule has 0 aliphatic rings. The molecule has 0 N–H and O–H groups in total. The minimum absolute atomic E-state index is 0.207. The number of hydrogen-bond acceptors (Lipinski definition) is 11. The van der Waals surface area contributed by atoms with Crippen LogP contribution >= 0.6 is 0 Å². The van der Waals surface area contributed by atoms with Crippen LogP contribution in [0.1, 0.15) is 68.0 Å². The zero-order valence-corrected chi connectivity index (χ0v) is 51.1. The average Bonchev–Trinajstić information content (AvgIpc) is 0.731. The van der Waals surface area contributed by atoms with Gasteiger partial charge in [-0.2, -0.15) is 158 Å². The zero-order valence-electron chi connectivity index (χ0n) is 51.1. The van der Waals surface area contributed by atoms with Crippen molar-refractivity contribution in [2.75, 3.05) is 40.0 Å². The van der Waals surface area contributed by atoms with E-state index in [0.29, 0.717) is 6.26 Å². The molecular weight excluding hydrogens is 1520 g/mol. The van der Waals surface area contributed by atoms with Gasteiger partial charge in [-0.25, -0.2) is 4.79 Å². The molecule has 102 heavy (non-hydrogen) atoms. The third-order valence-corrected chi connectivity index (χ3v) is 12.8. The summed E-state index contributed by atoms with van der Waals surface area (Å²) in [5.41, 5.74) is -44.1. The monoisotopic (exact) mass is 1570 g/mol. The van der Waals surface area contributed by atoms with Crippen LogP contribution in [0.4, 0.5) is 163 Å². The number of rotatable bonds is 24. The summed E-state index contributed by atoms with van der Waals surface area (Å²) in [4.78, 5) is 11.7. The minimum Gasteiger partial charge on any atom is -0.499 e. The fourth-order valence-electron chi connectivity index (χ4n) is 8.46. The summed E-state index contributed by atoms with van der Waals surface area (Å²) in [5.74, 6) is 0. The normalized spacial score (nSPS) is 14.3. The third kappa shape index (κ3) is 18.8. The van der Waals surface area contributed by atoms with Crippen LogP contribution in [0.5, 0.6) is 0 Å². The van der Waals surface area contributed by atoms with E-state index < -0.39 is 180 Å². The summed E-state index contributed by atoms with van der Waals surface area (Å²) in [6.45, 7) is 7.91.